The van der Waals surface area contributed by atoms with Crippen LogP contribution in [0.5, 0.6) is 0 Å². The van der Waals surface area contributed by atoms with Crippen LogP contribution in [0.25, 0.3) is 0 Å². The van der Waals surface area contributed by atoms with Crippen LogP contribution in [0, 0.1) is 10.1 Å². The summed E-state index contributed by atoms with van der Waals surface area (Å²) in [5.74, 6) is 0. The van der Waals surface area contributed by atoms with Crippen molar-refractivity contribution >= 4 is 5.69 Å². The highest BCUT2D eigenvalue weighted by atomic mass is 16.6. The van der Waals surface area contributed by atoms with Gasteiger partial charge in [-0.15, -0.1) is 0 Å². The lowest BCUT2D eigenvalue weighted by molar-refractivity contribution is -0.385. The lowest BCUT2D eigenvalue weighted by Gasteiger charge is -2.30. The molecule has 1 aromatic rings. The Morgan fingerprint density at radius 2 is 1.94 bits per heavy atom. The van der Waals surface area contributed by atoms with E-state index in [4.69, 9.17) is 0 Å². The van der Waals surface area contributed by atoms with Gasteiger partial charge in [0.05, 0.1) is 11.5 Å². The number of aliphatic hydroxyl groups is 1. The lowest BCUT2D eigenvalue weighted by atomic mass is 9.93. The van der Waals surface area contributed by atoms with E-state index in [1.807, 2.05) is 13.8 Å². The Kier molecular flexibility index (Phi) is 5.25. The molecule has 0 saturated carbocycles. The number of rotatable bonds is 7. The van der Waals surface area contributed by atoms with E-state index in [-0.39, 0.29) is 22.8 Å². The average molecular weight is 252 g/mol. The molecule has 0 unspecified atom stereocenters. The molecule has 18 heavy (non-hydrogen) atoms. The second-order valence-electron chi connectivity index (χ2n) is 4.38. The predicted octanol–water partition coefficient (Wildman–Crippen LogP) is 2.24. The predicted molar refractivity (Wildman–Crippen MR) is 70.3 cm³/mol. The Balaban J connectivity index is 2.83. The summed E-state index contributed by atoms with van der Waals surface area (Å²) in [5.41, 5.74) is 0.398. The van der Waals surface area contributed by atoms with Gasteiger partial charge >= 0.3 is 0 Å². The van der Waals surface area contributed by atoms with Crippen LogP contribution in [0.15, 0.2) is 24.3 Å². The van der Waals surface area contributed by atoms with Crippen LogP contribution < -0.4 is 5.32 Å². The smallest absolute Gasteiger partial charge is 0.273 e. The number of nitro benzene ring substituents is 1. The van der Waals surface area contributed by atoms with Crippen molar-refractivity contribution < 1.29 is 10.0 Å². The Labute approximate surface area is 107 Å². The van der Waals surface area contributed by atoms with E-state index in [0.29, 0.717) is 12.1 Å². The quantitative estimate of drug-likeness (QED) is 0.576. The van der Waals surface area contributed by atoms with E-state index < -0.39 is 0 Å². The summed E-state index contributed by atoms with van der Waals surface area (Å²) >= 11 is 0. The van der Waals surface area contributed by atoms with E-state index in [0.717, 1.165) is 12.8 Å². The van der Waals surface area contributed by atoms with Gasteiger partial charge in [0.25, 0.3) is 5.69 Å². The molecular formula is C13H20N2O3. The molecule has 0 amide bonds. The molecule has 0 radical (unpaired) electrons. The van der Waals surface area contributed by atoms with E-state index >= 15 is 0 Å². The Hall–Kier alpha value is -1.46. The summed E-state index contributed by atoms with van der Waals surface area (Å²) in [6.07, 6.45) is 1.56. The minimum Gasteiger partial charge on any atom is -0.394 e. The van der Waals surface area contributed by atoms with Crippen LogP contribution in [0.1, 0.15) is 32.3 Å². The third-order valence-corrected chi connectivity index (χ3v) is 3.50. The van der Waals surface area contributed by atoms with E-state index in [1.54, 1.807) is 18.2 Å². The number of nitro groups is 1. The first-order valence-corrected chi connectivity index (χ1v) is 6.16. The van der Waals surface area contributed by atoms with Crippen molar-refractivity contribution in [3.8, 4) is 0 Å². The molecule has 5 heteroatoms. The van der Waals surface area contributed by atoms with Gasteiger partial charge in [0.15, 0.2) is 0 Å². The van der Waals surface area contributed by atoms with Crippen molar-refractivity contribution in [3.63, 3.8) is 0 Å². The number of nitrogens with one attached hydrogen (secondary N) is 1. The van der Waals surface area contributed by atoms with Crippen LogP contribution in [0.3, 0.4) is 0 Å². The molecule has 0 aromatic heterocycles. The molecule has 0 fully saturated rings. The fourth-order valence-corrected chi connectivity index (χ4v) is 1.90. The molecule has 0 aliphatic heterocycles. The number of nitrogens with zero attached hydrogens (tertiary/aromatic N) is 1. The zero-order valence-electron chi connectivity index (χ0n) is 10.8. The van der Waals surface area contributed by atoms with Gasteiger partial charge in [-0.1, -0.05) is 32.0 Å². The topological polar surface area (TPSA) is 75.4 Å². The zero-order chi connectivity index (χ0) is 13.6. The molecule has 0 aliphatic carbocycles. The lowest BCUT2D eigenvalue weighted by Crippen LogP contribution is -2.47. The second kappa shape index (κ2) is 6.47. The van der Waals surface area contributed by atoms with Gasteiger partial charge in [-0.3, -0.25) is 10.1 Å². The van der Waals surface area contributed by atoms with Crippen molar-refractivity contribution in [1.82, 2.24) is 5.32 Å². The minimum atomic E-state index is -0.379. The molecule has 1 rings (SSSR count). The van der Waals surface area contributed by atoms with Gasteiger partial charge in [0.2, 0.25) is 0 Å². The minimum absolute atomic E-state index is 0.0284. The molecule has 0 atom stereocenters. The van der Waals surface area contributed by atoms with Crippen LogP contribution >= 0.6 is 0 Å². The first-order valence-electron chi connectivity index (χ1n) is 6.16. The highest BCUT2D eigenvalue weighted by Gasteiger charge is 2.25. The zero-order valence-corrected chi connectivity index (χ0v) is 10.8. The maximum absolute atomic E-state index is 10.9. The number of para-hydroxylation sites is 1. The van der Waals surface area contributed by atoms with Gasteiger partial charge in [0, 0.05) is 23.7 Å². The fraction of sp³-hybridized carbons (Fsp3) is 0.538. The fourth-order valence-electron chi connectivity index (χ4n) is 1.90. The van der Waals surface area contributed by atoms with Crippen LogP contribution in [0.2, 0.25) is 0 Å². The van der Waals surface area contributed by atoms with E-state index in [2.05, 4.69) is 5.32 Å². The number of aliphatic hydroxyl groups excluding tert-OH is 1. The summed E-state index contributed by atoms with van der Waals surface area (Å²) in [6.45, 7) is 4.40. The third-order valence-electron chi connectivity index (χ3n) is 3.50. The summed E-state index contributed by atoms with van der Waals surface area (Å²) in [4.78, 5) is 10.5. The van der Waals surface area contributed by atoms with Crippen LogP contribution in [-0.2, 0) is 6.54 Å². The monoisotopic (exact) mass is 252 g/mol. The van der Waals surface area contributed by atoms with E-state index in [1.165, 1.54) is 6.07 Å². The maximum Gasteiger partial charge on any atom is 0.273 e. The van der Waals surface area contributed by atoms with Crippen molar-refractivity contribution in [3.05, 3.63) is 39.9 Å². The molecule has 5 nitrogen and oxygen atoms in total. The molecular weight excluding hydrogens is 232 g/mol. The molecule has 2 N–H and O–H groups in total. The molecule has 1 aromatic carbocycles. The number of hydrogen-bond acceptors (Lipinski definition) is 4. The first kappa shape index (κ1) is 14.6. The summed E-state index contributed by atoms with van der Waals surface area (Å²) < 4.78 is 0. The van der Waals surface area contributed by atoms with Crippen molar-refractivity contribution in [2.24, 2.45) is 0 Å². The van der Waals surface area contributed by atoms with Crippen molar-refractivity contribution in [2.75, 3.05) is 6.61 Å². The van der Waals surface area contributed by atoms with Gasteiger partial charge in [0.1, 0.15) is 0 Å². The summed E-state index contributed by atoms with van der Waals surface area (Å²) in [7, 11) is 0. The van der Waals surface area contributed by atoms with Crippen LogP contribution in [0.4, 0.5) is 5.69 Å². The van der Waals surface area contributed by atoms with Crippen molar-refractivity contribution in [1.29, 1.82) is 0 Å². The molecule has 0 heterocycles. The third kappa shape index (κ3) is 3.27. The van der Waals surface area contributed by atoms with Crippen molar-refractivity contribution in [2.45, 2.75) is 38.8 Å². The molecule has 0 spiro atoms. The first-order chi connectivity index (χ1) is 8.58. The average Bonchev–Trinajstić information content (AvgIpc) is 2.41. The standard InChI is InChI=1S/C13H20N2O3/c1-3-13(4-2,10-16)14-9-11-7-5-6-8-12(11)15(17)18/h5-8,14,16H,3-4,9-10H2,1-2H3. The number of hydrogen-bond donors (Lipinski definition) is 2. The highest BCUT2D eigenvalue weighted by Crippen LogP contribution is 2.20. The Bertz CT molecular complexity index is 395. The van der Waals surface area contributed by atoms with Gasteiger partial charge in [-0.05, 0) is 12.8 Å². The maximum atomic E-state index is 10.9. The van der Waals surface area contributed by atoms with Gasteiger partial charge < -0.3 is 10.4 Å². The van der Waals surface area contributed by atoms with Gasteiger partial charge in [-0.25, -0.2) is 0 Å². The molecule has 0 bridgehead atoms. The summed E-state index contributed by atoms with van der Waals surface area (Å²) in [6, 6.07) is 6.66. The number of benzene rings is 1. The van der Waals surface area contributed by atoms with E-state index in [9.17, 15) is 15.2 Å². The molecule has 0 saturated heterocycles. The largest absolute Gasteiger partial charge is 0.394 e. The van der Waals surface area contributed by atoms with Crippen LogP contribution in [-0.4, -0.2) is 22.2 Å². The SMILES string of the molecule is CCC(CC)(CO)NCc1ccccc1[N+](=O)[O-]. The normalized spacial score (nSPS) is 11.5. The second-order valence-corrected chi connectivity index (χ2v) is 4.38. The van der Waals surface area contributed by atoms with Gasteiger partial charge in [-0.2, -0.15) is 0 Å². The molecule has 100 valence electrons. The Morgan fingerprint density at radius 3 is 2.44 bits per heavy atom. The molecule has 0 aliphatic rings. The highest BCUT2D eigenvalue weighted by molar-refractivity contribution is 5.39. The Morgan fingerprint density at radius 1 is 1.33 bits per heavy atom. The summed E-state index contributed by atoms with van der Waals surface area (Å²) in [5, 5.41) is 23.6.